The number of halogens is 1. The van der Waals surface area contributed by atoms with Gasteiger partial charge in [-0.1, -0.05) is 35.7 Å². The molecule has 0 aliphatic rings. The third kappa shape index (κ3) is 3.74. The van der Waals surface area contributed by atoms with Gasteiger partial charge in [-0.15, -0.1) is 5.10 Å². The average Bonchev–Trinajstić information content (AvgIpc) is 3.25. The largest absolute Gasteiger partial charge is 0.302 e. The van der Waals surface area contributed by atoms with Crippen molar-refractivity contribution in [3.63, 3.8) is 0 Å². The van der Waals surface area contributed by atoms with E-state index in [1.165, 1.54) is 17.4 Å². The Bertz CT molecular complexity index is 906. The summed E-state index contributed by atoms with van der Waals surface area (Å²) in [7, 11) is 0. The lowest BCUT2D eigenvalue weighted by atomic mass is 10.3. The normalized spacial score (nSPS) is 11.4. The molecule has 0 atom stereocenters. The van der Waals surface area contributed by atoms with E-state index in [0.29, 0.717) is 34.3 Å². The fourth-order valence-corrected chi connectivity index (χ4v) is 4.24. The highest BCUT2D eigenvalue weighted by Crippen LogP contribution is 2.31. The molecule has 1 aromatic carbocycles. The van der Waals surface area contributed by atoms with Crippen molar-refractivity contribution in [1.29, 1.82) is 0 Å². The molecule has 0 unspecified atom stereocenters. The molecule has 0 saturated heterocycles. The van der Waals surface area contributed by atoms with Crippen molar-refractivity contribution in [2.24, 2.45) is 0 Å². The summed E-state index contributed by atoms with van der Waals surface area (Å²) in [5.41, 5.74) is 0.896. The van der Waals surface area contributed by atoms with Gasteiger partial charge in [-0.2, -0.15) is 0 Å². The Balaban J connectivity index is 1.97. The molecule has 9 heteroatoms. The summed E-state index contributed by atoms with van der Waals surface area (Å²) in [5.74, 6) is -0.569. The summed E-state index contributed by atoms with van der Waals surface area (Å²) >= 11 is 2.39. The zero-order valence-electron chi connectivity index (χ0n) is 14.9. The lowest BCUT2D eigenvalue weighted by molar-refractivity contribution is 0.0987. The molecule has 2 aromatic heterocycles. The molecular formula is C17H20FN5OS2. The van der Waals surface area contributed by atoms with Crippen LogP contribution < -0.4 is 4.90 Å². The van der Waals surface area contributed by atoms with Gasteiger partial charge in [-0.05, 0) is 43.7 Å². The van der Waals surface area contributed by atoms with Crippen LogP contribution in [0.3, 0.4) is 0 Å². The fraction of sp³-hybridized carbons (Fsp3) is 0.412. The predicted octanol–water partition coefficient (Wildman–Crippen LogP) is 3.58. The smallest absolute Gasteiger partial charge is 0.273 e. The van der Waals surface area contributed by atoms with Crippen molar-refractivity contribution in [2.75, 3.05) is 31.1 Å². The minimum Gasteiger partial charge on any atom is -0.302 e. The monoisotopic (exact) mass is 393 g/mol. The summed E-state index contributed by atoms with van der Waals surface area (Å²) in [4.78, 5) is 21.8. The summed E-state index contributed by atoms with van der Waals surface area (Å²) in [5, 5.41) is 4.43. The van der Waals surface area contributed by atoms with Gasteiger partial charge in [0.15, 0.2) is 5.13 Å². The van der Waals surface area contributed by atoms with Crippen LogP contribution in [0, 0.1) is 12.7 Å². The topological polar surface area (TPSA) is 62.2 Å². The highest BCUT2D eigenvalue weighted by molar-refractivity contribution is 7.22. The molecule has 3 aromatic rings. The molecule has 2 heterocycles. The second kappa shape index (κ2) is 8.15. The van der Waals surface area contributed by atoms with Crippen molar-refractivity contribution >= 4 is 44.1 Å². The minimum absolute atomic E-state index is 0.191. The predicted molar refractivity (Wildman–Crippen MR) is 104 cm³/mol. The minimum atomic E-state index is -0.378. The Labute approximate surface area is 159 Å². The van der Waals surface area contributed by atoms with Gasteiger partial charge >= 0.3 is 0 Å². The average molecular weight is 394 g/mol. The molecule has 0 aliphatic heterocycles. The lowest BCUT2D eigenvalue weighted by Gasteiger charge is -2.24. The number of aromatic nitrogens is 3. The number of carbonyl (C=O) groups is 1. The molecule has 0 saturated carbocycles. The number of hydrogen-bond acceptors (Lipinski definition) is 7. The highest BCUT2D eigenvalue weighted by Gasteiger charge is 2.25. The molecule has 0 radical (unpaired) electrons. The Morgan fingerprint density at radius 2 is 2.00 bits per heavy atom. The van der Waals surface area contributed by atoms with Gasteiger partial charge in [0.05, 0.1) is 10.4 Å². The van der Waals surface area contributed by atoms with Gasteiger partial charge in [0, 0.05) is 13.1 Å². The maximum atomic E-state index is 14.0. The maximum absolute atomic E-state index is 14.0. The number of amides is 1. The summed E-state index contributed by atoms with van der Waals surface area (Å²) < 4.78 is 18.6. The Morgan fingerprint density at radius 3 is 2.62 bits per heavy atom. The summed E-state index contributed by atoms with van der Waals surface area (Å²) in [6.07, 6.45) is 0. The van der Waals surface area contributed by atoms with Gasteiger partial charge in [0.25, 0.3) is 5.91 Å². The standard InChI is InChI=1S/C17H20FN5OS2/c1-4-22(5-2)9-10-23(16(24)15-11(3)20-21-26-15)17-19-14-12(18)7-6-8-13(14)25-17/h6-8H,4-5,9-10H2,1-3H3. The van der Waals surface area contributed by atoms with Gasteiger partial charge in [0.1, 0.15) is 16.2 Å². The number of likely N-dealkylation sites (N-methyl/N-ethyl adjacent to an activating group) is 1. The number of carbonyl (C=O) groups excluding carboxylic acids is 1. The van der Waals surface area contributed by atoms with E-state index in [-0.39, 0.29) is 11.7 Å². The first-order valence-electron chi connectivity index (χ1n) is 8.43. The van der Waals surface area contributed by atoms with Crippen LogP contribution in [0.25, 0.3) is 10.2 Å². The van der Waals surface area contributed by atoms with Crippen LogP contribution in [0.5, 0.6) is 0 Å². The molecule has 26 heavy (non-hydrogen) atoms. The van der Waals surface area contributed by atoms with Crippen molar-refractivity contribution in [3.05, 3.63) is 34.6 Å². The molecule has 3 rings (SSSR count). The molecule has 138 valence electrons. The SMILES string of the molecule is CCN(CC)CCN(C(=O)c1snnc1C)c1nc2c(F)cccc2s1. The second-order valence-corrected chi connectivity index (χ2v) is 7.52. The Kier molecular flexibility index (Phi) is 5.90. The van der Waals surface area contributed by atoms with E-state index in [9.17, 15) is 9.18 Å². The third-order valence-electron chi connectivity index (χ3n) is 4.21. The molecule has 0 fully saturated rings. The van der Waals surface area contributed by atoms with Crippen LogP contribution in [0.2, 0.25) is 0 Å². The van der Waals surface area contributed by atoms with Crippen molar-refractivity contribution in [2.45, 2.75) is 20.8 Å². The number of thiazole rings is 1. The molecule has 0 bridgehead atoms. The van der Waals surface area contributed by atoms with Crippen molar-refractivity contribution in [1.82, 2.24) is 19.5 Å². The zero-order valence-corrected chi connectivity index (χ0v) is 16.5. The van der Waals surface area contributed by atoms with E-state index in [1.54, 1.807) is 17.9 Å². The van der Waals surface area contributed by atoms with Crippen LogP contribution in [0.15, 0.2) is 18.2 Å². The molecule has 6 nitrogen and oxygen atoms in total. The van der Waals surface area contributed by atoms with E-state index in [4.69, 9.17) is 0 Å². The number of benzene rings is 1. The molecule has 1 amide bonds. The van der Waals surface area contributed by atoms with Crippen LogP contribution in [0.4, 0.5) is 9.52 Å². The number of nitrogens with zero attached hydrogens (tertiary/aromatic N) is 5. The van der Waals surface area contributed by atoms with Gasteiger partial charge in [0.2, 0.25) is 0 Å². The second-order valence-electron chi connectivity index (χ2n) is 5.75. The van der Waals surface area contributed by atoms with Crippen LogP contribution in [-0.2, 0) is 0 Å². The number of anilines is 1. The number of fused-ring (bicyclic) bond motifs is 1. The van der Waals surface area contributed by atoms with Crippen molar-refractivity contribution < 1.29 is 9.18 Å². The van der Waals surface area contributed by atoms with E-state index >= 15 is 0 Å². The first kappa shape index (κ1) is 18.8. The quantitative estimate of drug-likeness (QED) is 0.614. The van der Waals surface area contributed by atoms with E-state index in [2.05, 4.69) is 33.3 Å². The van der Waals surface area contributed by atoms with Crippen LogP contribution in [-0.4, -0.2) is 51.6 Å². The molecule has 0 spiro atoms. The lowest BCUT2D eigenvalue weighted by Crippen LogP contribution is -2.38. The molecular weight excluding hydrogens is 373 g/mol. The summed E-state index contributed by atoms with van der Waals surface area (Å²) in [6, 6.07) is 4.84. The van der Waals surface area contributed by atoms with E-state index in [0.717, 1.165) is 29.3 Å². The third-order valence-corrected chi connectivity index (χ3v) is 6.07. The van der Waals surface area contributed by atoms with E-state index in [1.807, 2.05) is 6.07 Å². The summed E-state index contributed by atoms with van der Waals surface area (Å²) in [6.45, 7) is 8.90. The van der Waals surface area contributed by atoms with Crippen LogP contribution >= 0.6 is 22.9 Å². The Morgan fingerprint density at radius 1 is 1.23 bits per heavy atom. The van der Waals surface area contributed by atoms with Crippen molar-refractivity contribution in [3.8, 4) is 0 Å². The van der Waals surface area contributed by atoms with Gasteiger partial charge < -0.3 is 4.90 Å². The van der Waals surface area contributed by atoms with Gasteiger partial charge in [-0.3, -0.25) is 9.69 Å². The Hall–Kier alpha value is -1.97. The first-order valence-corrected chi connectivity index (χ1v) is 10.0. The van der Waals surface area contributed by atoms with Gasteiger partial charge in [-0.25, -0.2) is 9.37 Å². The highest BCUT2D eigenvalue weighted by atomic mass is 32.1. The number of rotatable bonds is 7. The number of para-hydroxylation sites is 1. The number of hydrogen-bond donors (Lipinski definition) is 0. The fourth-order valence-electron chi connectivity index (χ4n) is 2.63. The van der Waals surface area contributed by atoms with Crippen LogP contribution in [0.1, 0.15) is 29.2 Å². The molecule has 0 aliphatic carbocycles. The maximum Gasteiger partial charge on any atom is 0.273 e. The van der Waals surface area contributed by atoms with E-state index < -0.39 is 0 Å². The number of aryl methyl sites for hydroxylation is 1. The first-order chi connectivity index (χ1) is 12.5. The molecule has 0 N–H and O–H groups in total. The zero-order chi connectivity index (χ0) is 18.7.